The molecule has 0 amide bonds. The summed E-state index contributed by atoms with van der Waals surface area (Å²) in [4.78, 5) is 2.78. The van der Waals surface area contributed by atoms with Crippen molar-refractivity contribution in [1.82, 2.24) is 4.90 Å². The summed E-state index contributed by atoms with van der Waals surface area (Å²) < 4.78 is 0. The predicted molar refractivity (Wildman–Crippen MR) is 79.3 cm³/mol. The maximum absolute atomic E-state index is 2.78. The van der Waals surface area contributed by atoms with Gasteiger partial charge in [0.05, 0.1) is 0 Å². The lowest BCUT2D eigenvalue weighted by Crippen LogP contribution is -2.37. The van der Waals surface area contributed by atoms with Gasteiger partial charge in [0.25, 0.3) is 0 Å². The van der Waals surface area contributed by atoms with E-state index in [0.717, 1.165) is 17.9 Å². The molecule has 2 atom stereocenters. The van der Waals surface area contributed by atoms with Crippen LogP contribution in [0.25, 0.3) is 0 Å². The third-order valence-corrected chi connectivity index (χ3v) is 5.77. The lowest BCUT2D eigenvalue weighted by molar-refractivity contribution is 0.173. The molecule has 0 bridgehead atoms. The van der Waals surface area contributed by atoms with Crippen molar-refractivity contribution in [3.05, 3.63) is 35.4 Å². The molecule has 2 heterocycles. The lowest BCUT2D eigenvalue weighted by Gasteiger charge is -2.41. The van der Waals surface area contributed by atoms with Gasteiger partial charge >= 0.3 is 0 Å². The number of hydrogen-bond donors (Lipinski definition) is 0. The van der Waals surface area contributed by atoms with Crippen LogP contribution in [0.1, 0.15) is 68.0 Å². The Morgan fingerprint density at radius 1 is 0.842 bits per heavy atom. The van der Waals surface area contributed by atoms with Gasteiger partial charge in [0, 0.05) is 12.6 Å². The molecular weight excluding hydrogens is 230 g/mol. The van der Waals surface area contributed by atoms with E-state index in [4.69, 9.17) is 0 Å². The average Bonchev–Trinajstić information content (AvgIpc) is 2.96. The first-order valence-corrected chi connectivity index (χ1v) is 8.26. The molecule has 0 N–H and O–H groups in total. The molecular formula is C18H25N. The van der Waals surface area contributed by atoms with Crippen LogP contribution >= 0.6 is 0 Å². The molecule has 1 aliphatic carbocycles. The molecule has 0 unspecified atom stereocenters. The number of hydrogen-bond acceptors (Lipinski definition) is 1. The number of fused-ring (bicyclic) bond motifs is 3. The third-order valence-electron chi connectivity index (χ3n) is 5.77. The monoisotopic (exact) mass is 255 g/mol. The number of nitrogens with zero attached hydrogens (tertiary/aromatic N) is 1. The largest absolute Gasteiger partial charge is 0.296 e. The maximum atomic E-state index is 2.78. The van der Waals surface area contributed by atoms with E-state index in [1.54, 1.807) is 11.1 Å². The van der Waals surface area contributed by atoms with Crippen molar-refractivity contribution < 1.29 is 0 Å². The Hall–Kier alpha value is -0.820. The molecule has 0 radical (unpaired) electrons. The van der Waals surface area contributed by atoms with E-state index in [2.05, 4.69) is 29.2 Å². The van der Waals surface area contributed by atoms with Crippen LogP contribution in [-0.2, 0) is 0 Å². The van der Waals surface area contributed by atoms with Crippen LogP contribution < -0.4 is 0 Å². The van der Waals surface area contributed by atoms with Gasteiger partial charge in [-0.25, -0.2) is 0 Å². The molecule has 1 saturated heterocycles. The van der Waals surface area contributed by atoms with Gasteiger partial charge in [0.2, 0.25) is 0 Å². The smallest absolute Gasteiger partial charge is 0.0351 e. The van der Waals surface area contributed by atoms with E-state index in [9.17, 15) is 0 Å². The molecule has 1 nitrogen and oxygen atoms in total. The minimum absolute atomic E-state index is 0.746. The fourth-order valence-corrected chi connectivity index (χ4v) is 4.84. The fourth-order valence-electron chi connectivity index (χ4n) is 4.84. The Morgan fingerprint density at radius 2 is 1.63 bits per heavy atom. The van der Waals surface area contributed by atoms with Crippen molar-refractivity contribution >= 4 is 0 Å². The highest BCUT2D eigenvalue weighted by atomic mass is 15.2. The van der Waals surface area contributed by atoms with Crippen LogP contribution in [0.15, 0.2) is 24.3 Å². The maximum Gasteiger partial charge on any atom is 0.0351 e. The summed E-state index contributed by atoms with van der Waals surface area (Å²) in [5.74, 6) is 1.78. The highest BCUT2D eigenvalue weighted by Crippen LogP contribution is 2.46. The second-order valence-corrected chi connectivity index (χ2v) is 6.79. The van der Waals surface area contributed by atoms with E-state index in [0.29, 0.717) is 0 Å². The summed E-state index contributed by atoms with van der Waals surface area (Å²) in [7, 11) is 0. The van der Waals surface area contributed by atoms with E-state index in [1.807, 2.05) is 0 Å². The number of rotatable bonds is 1. The zero-order valence-electron chi connectivity index (χ0n) is 11.9. The Bertz CT molecular complexity index is 447. The van der Waals surface area contributed by atoms with Gasteiger partial charge in [-0.15, -0.1) is 0 Å². The molecule has 2 fully saturated rings. The highest BCUT2D eigenvalue weighted by Gasteiger charge is 2.38. The first-order valence-electron chi connectivity index (χ1n) is 8.26. The number of benzene rings is 1. The summed E-state index contributed by atoms with van der Waals surface area (Å²) in [6, 6.07) is 10.1. The Labute approximate surface area is 117 Å². The SMILES string of the molecule is c1ccc2c(c1)[C@H](C1CCCCC1)CN1CCC[C@H]21. The predicted octanol–water partition coefficient (Wildman–Crippen LogP) is 4.50. The first kappa shape index (κ1) is 12.0. The van der Waals surface area contributed by atoms with Crippen molar-refractivity contribution in [3.8, 4) is 0 Å². The Balaban J connectivity index is 1.70. The zero-order valence-corrected chi connectivity index (χ0v) is 11.9. The third kappa shape index (κ3) is 2.03. The highest BCUT2D eigenvalue weighted by molar-refractivity contribution is 5.37. The van der Waals surface area contributed by atoms with Crippen molar-refractivity contribution in [2.75, 3.05) is 13.1 Å². The second kappa shape index (κ2) is 4.94. The minimum Gasteiger partial charge on any atom is -0.296 e. The van der Waals surface area contributed by atoms with E-state index >= 15 is 0 Å². The van der Waals surface area contributed by atoms with Gasteiger partial charge < -0.3 is 0 Å². The topological polar surface area (TPSA) is 3.24 Å². The van der Waals surface area contributed by atoms with E-state index < -0.39 is 0 Å². The molecule has 1 heteroatoms. The molecule has 0 aromatic heterocycles. The molecule has 3 aliphatic rings. The van der Waals surface area contributed by atoms with Crippen LogP contribution in [0.2, 0.25) is 0 Å². The van der Waals surface area contributed by atoms with Gasteiger partial charge in [0.15, 0.2) is 0 Å². The van der Waals surface area contributed by atoms with Crippen molar-refractivity contribution in [2.24, 2.45) is 5.92 Å². The van der Waals surface area contributed by atoms with Crippen molar-refractivity contribution in [1.29, 1.82) is 0 Å². The van der Waals surface area contributed by atoms with Crippen LogP contribution in [0.3, 0.4) is 0 Å². The molecule has 1 aromatic carbocycles. The summed E-state index contributed by atoms with van der Waals surface area (Å²) in [5.41, 5.74) is 3.37. The van der Waals surface area contributed by atoms with Crippen molar-refractivity contribution in [3.63, 3.8) is 0 Å². The standard InChI is InChI=1S/C18H25N/c1-2-7-14(8-3-1)17-13-19-12-6-11-18(19)16-10-5-4-9-15(16)17/h4-5,9-10,14,17-18H,1-3,6-8,11-13H2/t17-,18+/m0/s1. The molecule has 2 aliphatic heterocycles. The van der Waals surface area contributed by atoms with Gasteiger partial charge in [0.1, 0.15) is 0 Å². The lowest BCUT2D eigenvalue weighted by atomic mass is 9.73. The Morgan fingerprint density at radius 3 is 2.47 bits per heavy atom. The summed E-state index contributed by atoms with van der Waals surface area (Å²) in [5, 5.41) is 0. The first-order chi connectivity index (χ1) is 9.43. The fraction of sp³-hybridized carbons (Fsp3) is 0.667. The van der Waals surface area contributed by atoms with Gasteiger partial charge in [-0.05, 0) is 55.2 Å². The van der Waals surface area contributed by atoms with Crippen LogP contribution in [0, 0.1) is 5.92 Å². The average molecular weight is 255 g/mol. The summed E-state index contributed by atoms with van der Waals surface area (Å²) in [6.45, 7) is 2.68. The van der Waals surface area contributed by atoms with Crippen molar-refractivity contribution in [2.45, 2.75) is 56.9 Å². The minimum atomic E-state index is 0.746. The Kier molecular flexibility index (Phi) is 3.11. The van der Waals surface area contributed by atoms with Gasteiger partial charge in [-0.1, -0.05) is 43.5 Å². The summed E-state index contributed by atoms with van der Waals surface area (Å²) in [6.07, 6.45) is 10.1. The molecule has 102 valence electrons. The molecule has 1 aromatic rings. The van der Waals surface area contributed by atoms with E-state index in [1.165, 1.54) is 58.0 Å². The van der Waals surface area contributed by atoms with Gasteiger partial charge in [-0.3, -0.25) is 4.90 Å². The normalized spacial score (nSPS) is 32.0. The molecule has 19 heavy (non-hydrogen) atoms. The summed E-state index contributed by atoms with van der Waals surface area (Å²) >= 11 is 0. The van der Waals surface area contributed by atoms with Crippen LogP contribution in [0.4, 0.5) is 0 Å². The zero-order chi connectivity index (χ0) is 12.7. The quantitative estimate of drug-likeness (QED) is 0.714. The van der Waals surface area contributed by atoms with Crippen LogP contribution in [0.5, 0.6) is 0 Å². The van der Waals surface area contributed by atoms with Crippen LogP contribution in [-0.4, -0.2) is 18.0 Å². The molecule has 4 rings (SSSR count). The van der Waals surface area contributed by atoms with E-state index in [-0.39, 0.29) is 0 Å². The second-order valence-electron chi connectivity index (χ2n) is 6.79. The van der Waals surface area contributed by atoms with Gasteiger partial charge in [-0.2, -0.15) is 0 Å². The molecule has 1 saturated carbocycles. The molecule has 0 spiro atoms.